The summed E-state index contributed by atoms with van der Waals surface area (Å²) in [5, 5.41) is 18.1. The second-order valence-electron chi connectivity index (χ2n) is 4.65. The maximum absolute atomic E-state index is 11.8. The van der Waals surface area contributed by atoms with Crippen LogP contribution >= 0.6 is 11.3 Å². The number of amides is 2. The maximum Gasteiger partial charge on any atom is 0.413 e. The SMILES string of the molecule is CO/N=C(/C(N)=O)c1csc(NC(=O)OCc2ccc([N+](=O)[O-])cc2)n1. The molecule has 0 aliphatic carbocycles. The van der Waals surface area contributed by atoms with Crippen molar-refractivity contribution in [3.05, 3.63) is 51.0 Å². The number of non-ortho nitro benzene ring substituents is 1. The number of nitro groups is 1. The molecule has 1 aromatic heterocycles. The Morgan fingerprint density at radius 3 is 2.65 bits per heavy atom. The summed E-state index contributed by atoms with van der Waals surface area (Å²) in [6, 6.07) is 5.58. The van der Waals surface area contributed by atoms with Gasteiger partial charge in [0.1, 0.15) is 19.4 Å². The second kappa shape index (κ2) is 8.53. The van der Waals surface area contributed by atoms with Gasteiger partial charge in [-0.15, -0.1) is 11.3 Å². The zero-order chi connectivity index (χ0) is 19.1. The molecule has 136 valence electrons. The van der Waals surface area contributed by atoms with Crippen LogP contribution in [0.3, 0.4) is 0 Å². The molecule has 0 saturated carbocycles. The lowest BCUT2D eigenvalue weighted by Crippen LogP contribution is -2.25. The predicted octanol–water partition coefficient (Wildman–Crippen LogP) is 1.64. The van der Waals surface area contributed by atoms with Crippen molar-refractivity contribution in [2.45, 2.75) is 6.61 Å². The molecule has 0 aliphatic heterocycles. The highest BCUT2D eigenvalue weighted by Crippen LogP contribution is 2.17. The van der Waals surface area contributed by atoms with Crippen molar-refractivity contribution in [2.24, 2.45) is 10.9 Å². The molecule has 0 aliphatic rings. The molecule has 26 heavy (non-hydrogen) atoms. The normalized spacial score (nSPS) is 10.9. The van der Waals surface area contributed by atoms with Crippen LogP contribution in [0.25, 0.3) is 0 Å². The summed E-state index contributed by atoms with van der Waals surface area (Å²) in [5.74, 6) is -0.829. The topological polar surface area (TPSA) is 159 Å². The molecule has 0 spiro atoms. The molecular formula is C14H13N5O6S. The van der Waals surface area contributed by atoms with E-state index in [0.29, 0.717) is 5.56 Å². The first-order valence-corrected chi connectivity index (χ1v) is 7.82. The van der Waals surface area contributed by atoms with Crippen LogP contribution in [0.2, 0.25) is 0 Å². The summed E-state index contributed by atoms with van der Waals surface area (Å²) in [6.45, 7) is -0.0836. The van der Waals surface area contributed by atoms with E-state index in [4.69, 9.17) is 10.5 Å². The van der Waals surface area contributed by atoms with Gasteiger partial charge in [0.15, 0.2) is 10.8 Å². The highest BCUT2D eigenvalue weighted by atomic mass is 32.1. The minimum absolute atomic E-state index is 0.0588. The van der Waals surface area contributed by atoms with Crippen LogP contribution in [0.5, 0.6) is 0 Å². The van der Waals surface area contributed by atoms with Gasteiger partial charge in [-0.05, 0) is 17.7 Å². The van der Waals surface area contributed by atoms with E-state index in [1.54, 1.807) is 0 Å². The van der Waals surface area contributed by atoms with Crippen LogP contribution in [0.1, 0.15) is 11.3 Å². The Balaban J connectivity index is 1.93. The zero-order valence-electron chi connectivity index (χ0n) is 13.4. The van der Waals surface area contributed by atoms with Crippen molar-refractivity contribution in [3.8, 4) is 0 Å². The smallest absolute Gasteiger partial charge is 0.413 e. The lowest BCUT2D eigenvalue weighted by Gasteiger charge is -2.04. The summed E-state index contributed by atoms with van der Waals surface area (Å²) >= 11 is 1.03. The number of ether oxygens (including phenoxy) is 1. The van der Waals surface area contributed by atoms with E-state index in [0.717, 1.165) is 11.3 Å². The number of thiazole rings is 1. The molecule has 0 atom stereocenters. The van der Waals surface area contributed by atoms with E-state index in [2.05, 4.69) is 20.3 Å². The number of nitrogens with zero attached hydrogens (tertiary/aromatic N) is 3. The van der Waals surface area contributed by atoms with E-state index in [-0.39, 0.29) is 28.8 Å². The first-order chi connectivity index (χ1) is 12.4. The number of nitrogens with one attached hydrogen (secondary N) is 1. The van der Waals surface area contributed by atoms with E-state index >= 15 is 0 Å². The van der Waals surface area contributed by atoms with Crippen LogP contribution in [0.15, 0.2) is 34.8 Å². The predicted molar refractivity (Wildman–Crippen MR) is 91.8 cm³/mol. The molecule has 0 fully saturated rings. The number of aromatic nitrogens is 1. The average Bonchev–Trinajstić information content (AvgIpc) is 3.05. The van der Waals surface area contributed by atoms with Crippen LogP contribution in [0, 0.1) is 10.1 Å². The lowest BCUT2D eigenvalue weighted by atomic mass is 10.2. The molecule has 11 nitrogen and oxygen atoms in total. The van der Waals surface area contributed by atoms with Crippen molar-refractivity contribution in [1.82, 2.24) is 4.98 Å². The van der Waals surface area contributed by atoms with E-state index < -0.39 is 16.9 Å². The molecule has 0 bridgehead atoms. The van der Waals surface area contributed by atoms with Gasteiger partial charge in [0, 0.05) is 17.5 Å². The molecule has 1 aromatic carbocycles. The Morgan fingerprint density at radius 1 is 1.38 bits per heavy atom. The molecular weight excluding hydrogens is 366 g/mol. The Morgan fingerprint density at radius 2 is 2.08 bits per heavy atom. The fourth-order valence-electron chi connectivity index (χ4n) is 1.74. The number of carbonyl (C=O) groups is 2. The first kappa shape index (κ1) is 18.8. The van der Waals surface area contributed by atoms with Crippen molar-refractivity contribution in [2.75, 3.05) is 12.4 Å². The minimum Gasteiger partial charge on any atom is -0.444 e. The molecule has 0 unspecified atom stereocenters. The van der Waals surface area contributed by atoms with Gasteiger partial charge in [0.25, 0.3) is 11.6 Å². The number of nitro benzene ring substituents is 1. The summed E-state index contributed by atoms with van der Waals surface area (Å²) in [6.07, 6.45) is -0.784. The highest BCUT2D eigenvalue weighted by molar-refractivity contribution is 7.14. The molecule has 2 amide bonds. The van der Waals surface area contributed by atoms with Crippen molar-refractivity contribution >= 4 is 39.9 Å². The number of rotatable bonds is 7. The molecule has 12 heteroatoms. The molecule has 2 rings (SSSR count). The van der Waals surface area contributed by atoms with Gasteiger partial charge in [-0.2, -0.15) is 0 Å². The fourth-order valence-corrected chi connectivity index (χ4v) is 2.42. The van der Waals surface area contributed by atoms with Crippen LogP contribution in [-0.2, 0) is 21.0 Å². The van der Waals surface area contributed by atoms with Crippen LogP contribution < -0.4 is 11.1 Å². The third kappa shape index (κ3) is 4.98. The number of nitrogens with two attached hydrogens (primary N) is 1. The Hall–Kier alpha value is -3.54. The van der Waals surface area contributed by atoms with Crippen molar-refractivity contribution < 1.29 is 24.1 Å². The number of anilines is 1. The quantitative estimate of drug-likeness (QED) is 0.420. The third-order valence-electron chi connectivity index (χ3n) is 2.89. The number of hydrogen-bond donors (Lipinski definition) is 2. The van der Waals surface area contributed by atoms with Crippen molar-refractivity contribution in [1.29, 1.82) is 0 Å². The van der Waals surface area contributed by atoms with E-state index in [1.807, 2.05) is 0 Å². The molecule has 3 N–H and O–H groups in total. The van der Waals surface area contributed by atoms with Gasteiger partial charge < -0.3 is 15.3 Å². The van der Waals surface area contributed by atoms with Gasteiger partial charge in [-0.1, -0.05) is 5.16 Å². The number of hydrogen-bond acceptors (Lipinski definition) is 9. The average molecular weight is 379 g/mol. The second-order valence-corrected chi connectivity index (χ2v) is 5.51. The molecule has 0 radical (unpaired) electrons. The number of benzene rings is 1. The van der Waals surface area contributed by atoms with Gasteiger partial charge >= 0.3 is 6.09 Å². The minimum atomic E-state index is -0.829. The number of carbonyl (C=O) groups excluding carboxylic acids is 2. The standard InChI is InChI=1S/C14H13N5O6S/c1-24-18-11(12(15)20)10-7-26-13(16-10)17-14(21)25-6-8-2-4-9(5-3-8)19(22)23/h2-5,7H,6H2,1H3,(H2,15,20)(H,16,17,21)/b18-11+. The van der Waals surface area contributed by atoms with E-state index in [9.17, 15) is 19.7 Å². The zero-order valence-corrected chi connectivity index (χ0v) is 14.2. The van der Waals surface area contributed by atoms with Gasteiger partial charge in [0.2, 0.25) is 0 Å². The van der Waals surface area contributed by atoms with Gasteiger partial charge in [-0.25, -0.2) is 9.78 Å². The van der Waals surface area contributed by atoms with Gasteiger partial charge in [-0.3, -0.25) is 20.2 Å². The molecule has 2 aromatic rings. The summed E-state index contributed by atoms with van der Waals surface area (Å²) in [7, 11) is 1.25. The Bertz CT molecular complexity index is 848. The summed E-state index contributed by atoms with van der Waals surface area (Å²) < 4.78 is 5.00. The maximum atomic E-state index is 11.8. The molecule has 1 heterocycles. The summed E-state index contributed by atoms with van der Waals surface area (Å²) in [5.41, 5.74) is 5.65. The van der Waals surface area contributed by atoms with E-state index in [1.165, 1.54) is 36.8 Å². The largest absolute Gasteiger partial charge is 0.444 e. The number of primary amides is 1. The van der Waals surface area contributed by atoms with Gasteiger partial charge in [0.05, 0.1) is 4.92 Å². The van der Waals surface area contributed by atoms with Crippen LogP contribution in [0.4, 0.5) is 15.6 Å². The lowest BCUT2D eigenvalue weighted by molar-refractivity contribution is -0.384. The Labute approximate surface area is 150 Å². The summed E-state index contributed by atoms with van der Waals surface area (Å²) in [4.78, 5) is 41.6. The Kier molecular flexibility index (Phi) is 6.16. The van der Waals surface area contributed by atoms with Crippen molar-refractivity contribution in [3.63, 3.8) is 0 Å². The molecule has 0 saturated heterocycles. The monoisotopic (exact) mass is 379 g/mol. The third-order valence-corrected chi connectivity index (χ3v) is 3.65. The van der Waals surface area contributed by atoms with Crippen LogP contribution in [-0.4, -0.2) is 34.7 Å². The number of oxime groups is 1. The highest BCUT2D eigenvalue weighted by Gasteiger charge is 2.17. The fraction of sp³-hybridized carbons (Fsp3) is 0.143. The first-order valence-electron chi connectivity index (χ1n) is 6.94.